The van der Waals surface area contributed by atoms with Crippen LogP contribution in [0.2, 0.25) is 0 Å². The normalized spacial score (nSPS) is 18.3. The number of likely N-dealkylation sites (tertiary alicyclic amines) is 1. The van der Waals surface area contributed by atoms with E-state index >= 15 is 0 Å². The molecule has 0 atom stereocenters. The van der Waals surface area contributed by atoms with Crippen LogP contribution >= 0.6 is 0 Å². The molecule has 3 heteroatoms. The molecule has 0 spiro atoms. The average Bonchev–Trinajstić information content (AvgIpc) is 2.42. The predicted octanol–water partition coefficient (Wildman–Crippen LogP) is 2.16. The average molecular weight is 241 g/mol. The van der Waals surface area contributed by atoms with Crippen LogP contribution in [0, 0.1) is 0 Å². The standard InChI is InChI=1S/C15H19N3/c16-14-5-7-18(8-6-14)11-13-10-17-9-12-3-1-2-4-15(12)13/h1-4,9-10,14H,5-8,11,16H2. The fourth-order valence-electron chi connectivity index (χ4n) is 2.66. The SMILES string of the molecule is NC1CCN(Cc2cncc3ccccc23)CC1. The first-order chi connectivity index (χ1) is 8.83. The summed E-state index contributed by atoms with van der Waals surface area (Å²) >= 11 is 0. The largest absolute Gasteiger partial charge is 0.328 e. The van der Waals surface area contributed by atoms with Crippen molar-refractivity contribution in [1.29, 1.82) is 0 Å². The Bertz CT molecular complexity index is 525. The molecule has 2 aromatic rings. The van der Waals surface area contributed by atoms with E-state index in [0.717, 1.165) is 32.5 Å². The van der Waals surface area contributed by atoms with Crippen molar-refractivity contribution in [2.75, 3.05) is 13.1 Å². The van der Waals surface area contributed by atoms with Gasteiger partial charge in [0, 0.05) is 30.4 Å². The molecule has 1 aromatic heterocycles. The lowest BCUT2D eigenvalue weighted by Crippen LogP contribution is -2.39. The second-order valence-corrected chi connectivity index (χ2v) is 5.13. The molecule has 1 aliphatic heterocycles. The van der Waals surface area contributed by atoms with Gasteiger partial charge < -0.3 is 5.73 Å². The first-order valence-corrected chi connectivity index (χ1v) is 6.62. The van der Waals surface area contributed by atoms with Gasteiger partial charge in [-0.1, -0.05) is 24.3 Å². The number of hydrogen-bond donors (Lipinski definition) is 1. The van der Waals surface area contributed by atoms with Crippen LogP contribution in [0.25, 0.3) is 10.8 Å². The van der Waals surface area contributed by atoms with Crippen LogP contribution in [-0.2, 0) is 6.54 Å². The molecule has 1 aromatic carbocycles. The third kappa shape index (κ3) is 2.37. The minimum absolute atomic E-state index is 0.395. The van der Waals surface area contributed by atoms with Gasteiger partial charge in [0.1, 0.15) is 0 Å². The highest BCUT2D eigenvalue weighted by molar-refractivity contribution is 5.84. The molecule has 0 bridgehead atoms. The van der Waals surface area contributed by atoms with E-state index in [1.54, 1.807) is 0 Å². The zero-order valence-corrected chi connectivity index (χ0v) is 10.5. The van der Waals surface area contributed by atoms with E-state index in [4.69, 9.17) is 5.73 Å². The van der Waals surface area contributed by atoms with E-state index in [0.29, 0.717) is 6.04 Å². The molecular weight excluding hydrogens is 222 g/mol. The summed E-state index contributed by atoms with van der Waals surface area (Å²) in [5.41, 5.74) is 7.26. The van der Waals surface area contributed by atoms with Gasteiger partial charge in [0.15, 0.2) is 0 Å². The van der Waals surface area contributed by atoms with E-state index in [2.05, 4.69) is 34.1 Å². The van der Waals surface area contributed by atoms with Crippen molar-refractivity contribution in [3.63, 3.8) is 0 Å². The van der Waals surface area contributed by atoms with Crippen LogP contribution in [0.15, 0.2) is 36.7 Å². The van der Waals surface area contributed by atoms with Gasteiger partial charge in [0.25, 0.3) is 0 Å². The van der Waals surface area contributed by atoms with E-state index in [1.165, 1.54) is 16.3 Å². The van der Waals surface area contributed by atoms with E-state index in [1.807, 2.05) is 12.4 Å². The number of hydrogen-bond acceptors (Lipinski definition) is 3. The van der Waals surface area contributed by atoms with Gasteiger partial charge in [0.2, 0.25) is 0 Å². The van der Waals surface area contributed by atoms with Gasteiger partial charge in [-0.15, -0.1) is 0 Å². The van der Waals surface area contributed by atoms with Crippen molar-refractivity contribution in [1.82, 2.24) is 9.88 Å². The number of aromatic nitrogens is 1. The molecular formula is C15H19N3. The van der Waals surface area contributed by atoms with Gasteiger partial charge in [-0.3, -0.25) is 9.88 Å². The number of benzene rings is 1. The van der Waals surface area contributed by atoms with Gasteiger partial charge in [-0.25, -0.2) is 0 Å². The molecule has 3 rings (SSSR count). The molecule has 2 heterocycles. The molecule has 0 amide bonds. The van der Waals surface area contributed by atoms with Gasteiger partial charge in [0.05, 0.1) is 0 Å². The fraction of sp³-hybridized carbons (Fsp3) is 0.400. The Labute approximate surface area is 108 Å². The number of piperidine rings is 1. The van der Waals surface area contributed by atoms with Crippen molar-refractivity contribution in [3.8, 4) is 0 Å². The Morgan fingerprint density at radius 3 is 2.78 bits per heavy atom. The maximum absolute atomic E-state index is 5.94. The second-order valence-electron chi connectivity index (χ2n) is 5.13. The van der Waals surface area contributed by atoms with Crippen LogP contribution in [0.5, 0.6) is 0 Å². The minimum Gasteiger partial charge on any atom is -0.328 e. The lowest BCUT2D eigenvalue weighted by atomic mass is 10.0. The number of rotatable bonds is 2. The maximum Gasteiger partial charge on any atom is 0.0346 e. The lowest BCUT2D eigenvalue weighted by Gasteiger charge is -2.30. The van der Waals surface area contributed by atoms with Crippen LogP contribution in [0.4, 0.5) is 0 Å². The number of pyridine rings is 1. The molecule has 2 N–H and O–H groups in total. The molecule has 1 aliphatic rings. The van der Waals surface area contributed by atoms with Crippen LogP contribution in [0.1, 0.15) is 18.4 Å². The molecule has 1 saturated heterocycles. The summed E-state index contributed by atoms with van der Waals surface area (Å²) in [6, 6.07) is 8.86. The monoisotopic (exact) mass is 241 g/mol. The van der Waals surface area contributed by atoms with E-state index in [9.17, 15) is 0 Å². The maximum atomic E-state index is 5.94. The summed E-state index contributed by atoms with van der Waals surface area (Å²) in [6.07, 6.45) is 6.15. The third-order valence-electron chi connectivity index (χ3n) is 3.78. The van der Waals surface area contributed by atoms with Crippen molar-refractivity contribution in [2.45, 2.75) is 25.4 Å². The third-order valence-corrected chi connectivity index (χ3v) is 3.78. The molecule has 94 valence electrons. The van der Waals surface area contributed by atoms with Gasteiger partial charge in [-0.2, -0.15) is 0 Å². The Hall–Kier alpha value is -1.45. The van der Waals surface area contributed by atoms with E-state index in [-0.39, 0.29) is 0 Å². The first-order valence-electron chi connectivity index (χ1n) is 6.62. The number of fused-ring (bicyclic) bond motifs is 1. The first kappa shape index (κ1) is 11.6. The Morgan fingerprint density at radius 2 is 1.94 bits per heavy atom. The molecule has 0 aliphatic carbocycles. The van der Waals surface area contributed by atoms with Crippen molar-refractivity contribution in [3.05, 3.63) is 42.2 Å². The lowest BCUT2D eigenvalue weighted by molar-refractivity contribution is 0.206. The summed E-state index contributed by atoms with van der Waals surface area (Å²) < 4.78 is 0. The molecule has 0 saturated carbocycles. The van der Waals surface area contributed by atoms with Crippen LogP contribution in [0.3, 0.4) is 0 Å². The summed E-state index contributed by atoms with van der Waals surface area (Å²) in [4.78, 5) is 6.82. The summed E-state index contributed by atoms with van der Waals surface area (Å²) in [5.74, 6) is 0. The molecule has 3 nitrogen and oxygen atoms in total. The highest BCUT2D eigenvalue weighted by Crippen LogP contribution is 2.20. The Kier molecular flexibility index (Phi) is 3.26. The number of nitrogens with zero attached hydrogens (tertiary/aromatic N) is 2. The zero-order valence-electron chi connectivity index (χ0n) is 10.5. The summed E-state index contributed by atoms with van der Waals surface area (Å²) in [5, 5.41) is 2.55. The zero-order chi connectivity index (χ0) is 12.4. The minimum atomic E-state index is 0.395. The Balaban J connectivity index is 1.82. The van der Waals surface area contributed by atoms with E-state index < -0.39 is 0 Å². The van der Waals surface area contributed by atoms with Gasteiger partial charge >= 0.3 is 0 Å². The molecule has 1 fully saturated rings. The van der Waals surface area contributed by atoms with Crippen LogP contribution in [-0.4, -0.2) is 29.0 Å². The summed E-state index contributed by atoms with van der Waals surface area (Å²) in [7, 11) is 0. The smallest absolute Gasteiger partial charge is 0.0346 e. The molecule has 0 unspecified atom stereocenters. The molecule has 0 radical (unpaired) electrons. The highest BCUT2D eigenvalue weighted by Gasteiger charge is 2.16. The van der Waals surface area contributed by atoms with Crippen molar-refractivity contribution in [2.24, 2.45) is 5.73 Å². The van der Waals surface area contributed by atoms with Gasteiger partial charge in [-0.05, 0) is 36.9 Å². The second kappa shape index (κ2) is 5.04. The highest BCUT2D eigenvalue weighted by atomic mass is 15.1. The topological polar surface area (TPSA) is 42.1 Å². The Morgan fingerprint density at radius 1 is 1.17 bits per heavy atom. The number of nitrogens with two attached hydrogens (primary N) is 1. The van der Waals surface area contributed by atoms with Crippen molar-refractivity contribution < 1.29 is 0 Å². The predicted molar refractivity (Wildman–Crippen MR) is 74.2 cm³/mol. The fourth-order valence-corrected chi connectivity index (χ4v) is 2.66. The van der Waals surface area contributed by atoms with Crippen molar-refractivity contribution >= 4 is 10.8 Å². The van der Waals surface area contributed by atoms with Crippen LogP contribution < -0.4 is 5.73 Å². The quantitative estimate of drug-likeness (QED) is 0.876. The summed E-state index contributed by atoms with van der Waals surface area (Å²) in [6.45, 7) is 3.19. The molecule has 18 heavy (non-hydrogen) atoms.